The molecule has 1 aliphatic carbocycles. The van der Waals surface area contributed by atoms with Crippen LogP contribution in [-0.4, -0.2) is 32.2 Å². The van der Waals surface area contributed by atoms with Gasteiger partial charge < -0.3 is 14.6 Å². The summed E-state index contributed by atoms with van der Waals surface area (Å²) >= 11 is 0. The lowest BCUT2D eigenvalue weighted by Crippen LogP contribution is -2.33. The van der Waals surface area contributed by atoms with Crippen LogP contribution in [0.25, 0.3) is 0 Å². The fourth-order valence-corrected chi connectivity index (χ4v) is 1.79. The number of ether oxygens (including phenoxy) is 2. The average molecular weight is 198 g/mol. The molecular weight excluding hydrogens is 180 g/mol. The van der Waals surface area contributed by atoms with E-state index >= 15 is 0 Å². The molecule has 3 nitrogen and oxygen atoms in total. The van der Waals surface area contributed by atoms with Gasteiger partial charge in [0.1, 0.15) is 0 Å². The molecule has 0 radical (unpaired) electrons. The van der Waals surface area contributed by atoms with E-state index in [1.165, 1.54) is 0 Å². The maximum absolute atomic E-state index is 9.29. The highest BCUT2D eigenvalue weighted by Crippen LogP contribution is 2.25. The molecule has 2 unspecified atom stereocenters. The van der Waals surface area contributed by atoms with E-state index in [-0.39, 0.29) is 18.8 Å². The van der Waals surface area contributed by atoms with Crippen LogP contribution in [-0.2, 0) is 9.47 Å². The Labute approximate surface area is 85.0 Å². The van der Waals surface area contributed by atoms with Crippen LogP contribution in [0.5, 0.6) is 0 Å². The molecule has 0 saturated carbocycles. The normalized spacial score (nSPS) is 23.0. The Bertz CT molecular complexity index is 207. The maximum Gasteiger partial charge on any atom is 0.162 e. The molecule has 0 spiro atoms. The quantitative estimate of drug-likeness (QED) is 0.678. The molecule has 0 aromatic heterocycles. The molecule has 1 N–H and O–H groups in total. The van der Waals surface area contributed by atoms with Crippen LogP contribution < -0.4 is 0 Å². The number of aliphatic hydroxyl groups excluding tert-OH is 1. The van der Waals surface area contributed by atoms with Crippen molar-refractivity contribution in [2.45, 2.75) is 12.7 Å². The first kappa shape index (κ1) is 11.4. The predicted octanol–water partition coefficient (Wildman–Crippen LogP) is 1.35. The second-order valence-electron chi connectivity index (χ2n) is 3.40. The SMILES string of the molecule is COC(OC)C(CO)C1C=CC=CC1. The molecule has 0 bridgehead atoms. The van der Waals surface area contributed by atoms with Gasteiger partial charge in [-0.1, -0.05) is 24.3 Å². The molecule has 0 heterocycles. The first-order valence-electron chi connectivity index (χ1n) is 4.83. The second kappa shape index (κ2) is 5.96. The van der Waals surface area contributed by atoms with Gasteiger partial charge in [-0.2, -0.15) is 0 Å². The highest BCUT2D eigenvalue weighted by atomic mass is 16.7. The van der Waals surface area contributed by atoms with Crippen LogP contribution in [0.4, 0.5) is 0 Å². The summed E-state index contributed by atoms with van der Waals surface area (Å²) in [6.45, 7) is 0.0786. The van der Waals surface area contributed by atoms with Crippen LogP contribution in [0.3, 0.4) is 0 Å². The molecule has 0 aromatic rings. The summed E-state index contributed by atoms with van der Waals surface area (Å²) in [6, 6.07) is 0. The summed E-state index contributed by atoms with van der Waals surface area (Å²) in [5.74, 6) is 0.307. The molecule has 80 valence electrons. The molecular formula is C11H18O3. The van der Waals surface area contributed by atoms with Crippen molar-refractivity contribution in [3.05, 3.63) is 24.3 Å². The van der Waals surface area contributed by atoms with Crippen LogP contribution in [0.1, 0.15) is 6.42 Å². The lowest BCUT2D eigenvalue weighted by atomic mass is 9.87. The topological polar surface area (TPSA) is 38.7 Å². The third-order valence-corrected chi connectivity index (χ3v) is 2.59. The fraction of sp³-hybridized carbons (Fsp3) is 0.636. The molecule has 14 heavy (non-hydrogen) atoms. The molecule has 1 aliphatic rings. The van der Waals surface area contributed by atoms with E-state index in [0.717, 1.165) is 6.42 Å². The summed E-state index contributed by atoms with van der Waals surface area (Å²) in [7, 11) is 3.19. The van der Waals surface area contributed by atoms with Gasteiger partial charge in [0, 0.05) is 20.1 Å². The first-order valence-corrected chi connectivity index (χ1v) is 4.83. The zero-order valence-corrected chi connectivity index (χ0v) is 8.72. The minimum Gasteiger partial charge on any atom is -0.396 e. The second-order valence-corrected chi connectivity index (χ2v) is 3.40. The van der Waals surface area contributed by atoms with Crippen LogP contribution in [0.2, 0.25) is 0 Å². The van der Waals surface area contributed by atoms with Crippen LogP contribution in [0, 0.1) is 11.8 Å². The molecule has 3 heteroatoms. The van der Waals surface area contributed by atoms with E-state index in [9.17, 15) is 5.11 Å². The first-order chi connectivity index (χ1) is 6.83. The van der Waals surface area contributed by atoms with Crippen molar-refractivity contribution in [3.8, 4) is 0 Å². The largest absolute Gasteiger partial charge is 0.396 e. The average Bonchev–Trinajstić information content (AvgIpc) is 2.27. The predicted molar refractivity (Wildman–Crippen MR) is 54.8 cm³/mol. The Morgan fingerprint density at radius 3 is 2.50 bits per heavy atom. The molecule has 0 aliphatic heterocycles. The van der Waals surface area contributed by atoms with E-state index < -0.39 is 0 Å². The standard InChI is InChI=1S/C11H18O3/c1-13-11(14-2)10(8-12)9-6-4-3-5-7-9/h3-6,9-12H,7-8H2,1-2H3. The number of methoxy groups -OCH3 is 2. The lowest BCUT2D eigenvalue weighted by molar-refractivity contribution is -0.154. The summed E-state index contributed by atoms with van der Waals surface area (Å²) in [6.07, 6.45) is 8.80. The van der Waals surface area contributed by atoms with E-state index in [1.54, 1.807) is 14.2 Å². The monoisotopic (exact) mass is 198 g/mol. The smallest absolute Gasteiger partial charge is 0.162 e. The molecule has 1 rings (SSSR count). The Kier molecular flexibility index (Phi) is 4.87. The van der Waals surface area contributed by atoms with E-state index in [2.05, 4.69) is 12.2 Å². The van der Waals surface area contributed by atoms with Gasteiger partial charge in [0.15, 0.2) is 6.29 Å². The van der Waals surface area contributed by atoms with E-state index in [1.807, 2.05) is 12.2 Å². The van der Waals surface area contributed by atoms with Gasteiger partial charge in [-0.25, -0.2) is 0 Å². The Hall–Kier alpha value is -0.640. The third-order valence-electron chi connectivity index (χ3n) is 2.59. The lowest BCUT2D eigenvalue weighted by Gasteiger charge is -2.29. The van der Waals surface area contributed by atoms with Gasteiger partial charge in [-0.05, 0) is 12.3 Å². The van der Waals surface area contributed by atoms with Crippen molar-refractivity contribution < 1.29 is 14.6 Å². The van der Waals surface area contributed by atoms with Crippen molar-refractivity contribution in [1.29, 1.82) is 0 Å². The van der Waals surface area contributed by atoms with Crippen molar-refractivity contribution >= 4 is 0 Å². The maximum atomic E-state index is 9.29. The highest BCUT2D eigenvalue weighted by molar-refractivity contribution is 5.12. The summed E-state index contributed by atoms with van der Waals surface area (Å²) in [5, 5.41) is 9.29. The molecule has 0 amide bonds. The summed E-state index contributed by atoms with van der Waals surface area (Å²) in [5.41, 5.74) is 0. The molecule has 0 aromatic carbocycles. The van der Waals surface area contributed by atoms with Crippen molar-refractivity contribution in [2.24, 2.45) is 11.8 Å². The third kappa shape index (κ3) is 2.67. The fourth-order valence-electron chi connectivity index (χ4n) is 1.79. The Morgan fingerprint density at radius 1 is 1.36 bits per heavy atom. The number of rotatable bonds is 5. The van der Waals surface area contributed by atoms with Crippen LogP contribution >= 0.6 is 0 Å². The van der Waals surface area contributed by atoms with Crippen molar-refractivity contribution in [1.82, 2.24) is 0 Å². The highest BCUT2D eigenvalue weighted by Gasteiger charge is 2.27. The van der Waals surface area contributed by atoms with Gasteiger partial charge in [-0.3, -0.25) is 0 Å². The Balaban J connectivity index is 2.60. The molecule has 2 atom stereocenters. The van der Waals surface area contributed by atoms with Crippen molar-refractivity contribution in [3.63, 3.8) is 0 Å². The zero-order chi connectivity index (χ0) is 10.4. The van der Waals surface area contributed by atoms with Gasteiger partial charge in [0.25, 0.3) is 0 Å². The van der Waals surface area contributed by atoms with Gasteiger partial charge in [-0.15, -0.1) is 0 Å². The minimum absolute atomic E-state index is 0.00574. The number of aliphatic hydroxyl groups is 1. The number of hydrogen-bond acceptors (Lipinski definition) is 3. The summed E-state index contributed by atoms with van der Waals surface area (Å²) in [4.78, 5) is 0. The van der Waals surface area contributed by atoms with Gasteiger partial charge >= 0.3 is 0 Å². The van der Waals surface area contributed by atoms with E-state index in [4.69, 9.17) is 9.47 Å². The molecule has 0 fully saturated rings. The number of hydrogen-bond donors (Lipinski definition) is 1. The number of allylic oxidation sites excluding steroid dienone is 4. The van der Waals surface area contributed by atoms with E-state index in [0.29, 0.717) is 5.92 Å². The Morgan fingerprint density at radius 2 is 2.07 bits per heavy atom. The van der Waals surface area contributed by atoms with Crippen LogP contribution in [0.15, 0.2) is 24.3 Å². The zero-order valence-electron chi connectivity index (χ0n) is 8.72. The van der Waals surface area contributed by atoms with Gasteiger partial charge in [0.2, 0.25) is 0 Å². The summed E-state index contributed by atoms with van der Waals surface area (Å²) < 4.78 is 10.3. The van der Waals surface area contributed by atoms with Crippen molar-refractivity contribution in [2.75, 3.05) is 20.8 Å². The van der Waals surface area contributed by atoms with Gasteiger partial charge in [0.05, 0.1) is 6.61 Å². The molecule has 0 saturated heterocycles. The minimum atomic E-state index is -0.332.